The van der Waals surface area contributed by atoms with E-state index in [1.807, 2.05) is 30.3 Å². The Labute approximate surface area is 161 Å². The average Bonchev–Trinajstić information content (AvgIpc) is 2.67. The van der Waals surface area contributed by atoms with E-state index in [0.717, 1.165) is 12.0 Å². The molecule has 0 saturated heterocycles. The summed E-state index contributed by atoms with van der Waals surface area (Å²) in [6, 6.07) is 15.2. The Morgan fingerprint density at radius 3 is 2.50 bits per heavy atom. The number of nitrogens with one attached hydrogen (secondary N) is 2. The second-order valence-electron chi connectivity index (χ2n) is 5.50. The molecule has 0 spiro atoms. The number of halogens is 2. The molecule has 0 bridgehead atoms. The number of rotatable bonds is 6. The van der Waals surface area contributed by atoms with E-state index < -0.39 is 0 Å². The molecule has 26 heavy (non-hydrogen) atoms. The van der Waals surface area contributed by atoms with Crippen LogP contribution in [0.3, 0.4) is 0 Å². The van der Waals surface area contributed by atoms with Crippen molar-refractivity contribution in [3.63, 3.8) is 0 Å². The molecule has 132 valence electrons. The van der Waals surface area contributed by atoms with Gasteiger partial charge in [0.15, 0.2) is 0 Å². The summed E-state index contributed by atoms with van der Waals surface area (Å²) in [7, 11) is 0. The summed E-state index contributed by atoms with van der Waals surface area (Å²) in [5, 5.41) is 6.70. The van der Waals surface area contributed by atoms with E-state index in [0.29, 0.717) is 28.1 Å². The van der Waals surface area contributed by atoms with E-state index in [1.54, 1.807) is 18.2 Å². The van der Waals surface area contributed by atoms with Crippen molar-refractivity contribution in [3.05, 3.63) is 82.2 Å². The van der Waals surface area contributed by atoms with Gasteiger partial charge in [0.25, 0.3) is 5.91 Å². The van der Waals surface area contributed by atoms with Gasteiger partial charge in [-0.25, -0.2) is 9.97 Å². The summed E-state index contributed by atoms with van der Waals surface area (Å²) < 4.78 is 0. The Kier molecular flexibility index (Phi) is 6.04. The Bertz CT molecular complexity index is 886. The molecule has 0 fully saturated rings. The van der Waals surface area contributed by atoms with Gasteiger partial charge in [0.1, 0.15) is 11.5 Å². The number of aromatic nitrogens is 2. The van der Waals surface area contributed by atoms with Crippen LogP contribution < -0.4 is 10.6 Å². The largest absolute Gasteiger partial charge is 0.350 e. The second kappa shape index (κ2) is 8.65. The number of nitrogens with zero attached hydrogens (tertiary/aromatic N) is 2. The van der Waals surface area contributed by atoms with Gasteiger partial charge in [0, 0.05) is 6.54 Å². The topological polar surface area (TPSA) is 66.9 Å². The van der Waals surface area contributed by atoms with Crippen LogP contribution in [0.25, 0.3) is 0 Å². The molecule has 3 rings (SSSR count). The minimum Gasteiger partial charge on any atom is -0.350 e. The number of carbonyl (C=O) groups excluding carboxylic acids is 1. The maximum Gasteiger partial charge on any atom is 0.271 e. The first-order valence-electron chi connectivity index (χ1n) is 7.98. The zero-order chi connectivity index (χ0) is 18.4. The van der Waals surface area contributed by atoms with Crippen molar-refractivity contribution in [2.75, 3.05) is 11.9 Å². The lowest BCUT2D eigenvalue weighted by atomic mass is 10.1. The molecule has 2 aromatic carbocycles. The lowest BCUT2D eigenvalue weighted by Gasteiger charge is -2.09. The Morgan fingerprint density at radius 1 is 0.962 bits per heavy atom. The third kappa shape index (κ3) is 4.71. The van der Waals surface area contributed by atoms with Crippen LogP contribution in [0.15, 0.2) is 60.9 Å². The normalized spacial score (nSPS) is 10.4. The smallest absolute Gasteiger partial charge is 0.271 e. The van der Waals surface area contributed by atoms with Gasteiger partial charge in [-0.2, -0.15) is 0 Å². The summed E-state index contributed by atoms with van der Waals surface area (Å²) in [6.07, 6.45) is 3.65. The maximum atomic E-state index is 12.1. The zero-order valence-corrected chi connectivity index (χ0v) is 15.3. The quantitative estimate of drug-likeness (QED) is 0.654. The van der Waals surface area contributed by atoms with Gasteiger partial charge < -0.3 is 10.6 Å². The van der Waals surface area contributed by atoms with Crippen LogP contribution in [0, 0.1) is 0 Å². The van der Waals surface area contributed by atoms with E-state index in [-0.39, 0.29) is 11.6 Å². The van der Waals surface area contributed by atoms with Gasteiger partial charge in [-0.3, -0.25) is 4.79 Å². The second-order valence-corrected chi connectivity index (χ2v) is 6.29. The van der Waals surface area contributed by atoms with Crippen LogP contribution in [-0.4, -0.2) is 22.4 Å². The Hall–Kier alpha value is -2.63. The fraction of sp³-hybridized carbons (Fsp3) is 0.105. The number of carbonyl (C=O) groups is 1. The van der Waals surface area contributed by atoms with Gasteiger partial charge in [-0.1, -0.05) is 59.6 Å². The fourth-order valence-electron chi connectivity index (χ4n) is 2.30. The van der Waals surface area contributed by atoms with E-state index >= 15 is 0 Å². The zero-order valence-electron chi connectivity index (χ0n) is 13.7. The molecule has 3 aromatic rings. The SMILES string of the molecule is O=C(NCCc1ccccc1)c1cnc(Nc2cccc(Cl)c2Cl)cn1. The van der Waals surface area contributed by atoms with E-state index in [1.165, 1.54) is 12.4 Å². The molecule has 1 aromatic heterocycles. The van der Waals surface area contributed by atoms with E-state index in [9.17, 15) is 4.79 Å². The molecule has 0 aliphatic heterocycles. The third-order valence-electron chi connectivity index (χ3n) is 3.64. The highest BCUT2D eigenvalue weighted by atomic mass is 35.5. The number of benzene rings is 2. The van der Waals surface area contributed by atoms with E-state index in [2.05, 4.69) is 20.6 Å². The standard InChI is InChI=1S/C19H16Cl2N4O/c20-14-7-4-8-15(18(14)21)25-17-12-23-16(11-24-17)19(26)22-10-9-13-5-2-1-3-6-13/h1-8,11-12H,9-10H2,(H,22,26)(H,24,25). The van der Waals surface area contributed by atoms with Crippen molar-refractivity contribution in [1.29, 1.82) is 0 Å². The number of hydrogen-bond acceptors (Lipinski definition) is 4. The number of anilines is 2. The average molecular weight is 387 g/mol. The van der Waals surface area contributed by atoms with Crippen LogP contribution in [0.4, 0.5) is 11.5 Å². The maximum absolute atomic E-state index is 12.1. The van der Waals surface area contributed by atoms with Crippen molar-refractivity contribution in [2.45, 2.75) is 6.42 Å². The summed E-state index contributed by atoms with van der Waals surface area (Å²) in [5.41, 5.74) is 2.03. The summed E-state index contributed by atoms with van der Waals surface area (Å²) in [5.74, 6) is 0.204. The molecule has 0 radical (unpaired) electrons. The first-order valence-corrected chi connectivity index (χ1v) is 8.74. The van der Waals surface area contributed by atoms with Crippen molar-refractivity contribution >= 4 is 40.6 Å². The highest BCUT2D eigenvalue weighted by Crippen LogP contribution is 2.31. The highest BCUT2D eigenvalue weighted by Gasteiger charge is 2.09. The van der Waals surface area contributed by atoms with Crippen molar-refractivity contribution in [2.24, 2.45) is 0 Å². The van der Waals surface area contributed by atoms with Crippen LogP contribution in [0.5, 0.6) is 0 Å². The van der Waals surface area contributed by atoms with Gasteiger partial charge in [-0.05, 0) is 24.1 Å². The van der Waals surface area contributed by atoms with E-state index in [4.69, 9.17) is 23.2 Å². The number of amides is 1. The summed E-state index contributed by atoms with van der Waals surface area (Å²) in [6.45, 7) is 0.530. The molecule has 0 unspecified atom stereocenters. The molecular formula is C19H16Cl2N4O. The molecule has 5 nitrogen and oxygen atoms in total. The lowest BCUT2D eigenvalue weighted by molar-refractivity contribution is 0.0949. The Morgan fingerprint density at radius 2 is 1.77 bits per heavy atom. The highest BCUT2D eigenvalue weighted by molar-refractivity contribution is 6.43. The predicted molar refractivity (Wildman–Crippen MR) is 104 cm³/mol. The number of hydrogen-bond donors (Lipinski definition) is 2. The first-order chi connectivity index (χ1) is 12.6. The molecule has 2 N–H and O–H groups in total. The molecular weight excluding hydrogens is 371 g/mol. The minimum atomic E-state index is -0.263. The summed E-state index contributed by atoms with van der Waals surface area (Å²) in [4.78, 5) is 20.5. The van der Waals surface area contributed by atoms with Crippen LogP contribution >= 0.6 is 23.2 Å². The Balaban J connectivity index is 1.56. The monoisotopic (exact) mass is 386 g/mol. The van der Waals surface area contributed by atoms with Crippen LogP contribution in [0.2, 0.25) is 10.0 Å². The van der Waals surface area contributed by atoms with Crippen molar-refractivity contribution in [3.8, 4) is 0 Å². The van der Waals surface area contributed by atoms with Gasteiger partial charge in [0.2, 0.25) is 0 Å². The van der Waals surface area contributed by atoms with Crippen molar-refractivity contribution in [1.82, 2.24) is 15.3 Å². The van der Waals surface area contributed by atoms with Crippen LogP contribution in [0.1, 0.15) is 16.1 Å². The lowest BCUT2D eigenvalue weighted by Crippen LogP contribution is -2.26. The molecule has 1 amide bonds. The minimum absolute atomic E-state index is 0.251. The molecule has 1 heterocycles. The fourth-order valence-corrected chi connectivity index (χ4v) is 2.65. The first kappa shape index (κ1) is 18.2. The predicted octanol–water partition coefficient (Wildman–Crippen LogP) is 4.50. The molecule has 0 aliphatic carbocycles. The summed E-state index contributed by atoms with van der Waals surface area (Å²) >= 11 is 12.1. The molecule has 0 aliphatic rings. The van der Waals surface area contributed by atoms with Crippen molar-refractivity contribution < 1.29 is 4.79 Å². The van der Waals surface area contributed by atoms with Crippen LogP contribution in [-0.2, 0) is 6.42 Å². The molecule has 0 atom stereocenters. The van der Waals surface area contributed by atoms with Gasteiger partial charge in [0.05, 0.1) is 28.1 Å². The molecule has 7 heteroatoms. The molecule has 0 saturated carbocycles. The third-order valence-corrected chi connectivity index (χ3v) is 4.46. The van der Waals surface area contributed by atoms with Gasteiger partial charge in [-0.15, -0.1) is 0 Å². The van der Waals surface area contributed by atoms with Gasteiger partial charge >= 0.3 is 0 Å².